The molecule has 1 N–H and O–H groups in total. The number of nitrogens with zero attached hydrogens (tertiary/aromatic N) is 2. The average molecular weight is 496 g/mol. The van der Waals surface area contributed by atoms with Crippen molar-refractivity contribution in [3.05, 3.63) is 94.8 Å². The van der Waals surface area contributed by atoms with E-state index in [1.165, 1.54) is 0 Å². The molecule has 3 aromatic carbocycles. The summed E-state index contributed by atoms with van der Waals surface area (Å²) in [4.78, 5) is 42.0. The summed E-state index contributed by atoms with van der Waals surface area (Å²) in [6.07, 6.45) is 0. The van der Waals surface area contributed by atoms with Crippen LogP contribution in [0.1, 0.15) is 24.2 Å². The number of benzene rings is 3. The number of piperazine rings is 1. The van der Waals surface area contributed by atoms with Gasteiger partial charge in [-0.3, -0.25) is 9.59 Å². The third-order valence-corrected chi connectivity index (χ3v) is 6.68. The summed E-state index contributed by atoms with van der Waals surface area (Å²) < 4.78 is 5.44. The first kappa shape index (κ1) is 24.3. The highest BCUT2D eigenvalue weighted by atomic mass is 16.4. The lowest BCUT2D eigenvalue weighted by atomic mass is 10.0. The van der Waals surface area contributed by atoms with Crippen LogP contribution < -0.4 is 15.8 Å². The maximum absolute atomic E-state index is 13.1. The van der Waals surface area contributed by atoms with Gasteiger partial charge in [0.25, 0.3) is 5.91 Å². The second-order valence-electron chi connectivity index (χ2n) is 9.50. The zero-order valence-electron chi connectivity index (χ0n) is 20.9. The Morgan fingerprint density at radius 3 is 2.27 bits per heavy atom. The molecule has 2 amide bonds. The van der Waals surface area contributed by atoms with Crippen LogP contribution in [0.15, 0.2) is 88.1 Å². The van der Waals surface area contributed by atoms with Crippen LogP contribution in [0.2, 0.25) is 0 Å². The summed E-state index contributed by atoms with van der Waals surface area (Å²) in [5.74, 6) is -0.0790. The molecular weight excluding hydrogens is 466 g/mol. The van der Waals surface area contributed by atoms with Crippen LogP contribution in [0.4, 0.5) is 11.4 Å². The standard InChI is InChI=1S/C30H29N3O4/c1-20(2)29(35)33-17-15-32(16-18-33)26-9-5-4-8-25(26)31-28(34)22-13-11-21(12-14-22)24-19-23-7-3-6-10-27(23)37-30(24)36/h3-14,19-20H,15-18H2,1-2H3,(H,31,34). The molecule has 188 valence electrons. The van der Waals surface area contributed by atoms with Crippen molar-refractivity contribution in [2.45, 2.75) is 13.8 Å². The van der Waals surface area contributed by atoms with Crippen LogP contribution in [0.5, 0.6) is 0 Å². The topological polar surface area (TPSA) is 82.9 Å². The number of amides is 2. The number of carbonyl (C=O) groups excluding carboxylic acids is 2. The van der Waals surface area contributed by atoms with E-state index >= 15 is 0 Å². The average Bonchev–Trinajstić information content (AvgIpc) is 2.92. The predicted octanol–water partition coefficient (Wildman–Crippen LogP) is 5.02. The first-order chi connectivity index (χ1) is 17.9. The number of anilines is 2. The molecule has 7 heteroatoms. The van der Waals surface area contributed by atoms with Crippen molar-refractivity contribution >= 4 is 34.2 Å². The molecule has 1 aromatic heterocycles. The molecule has 37 heavy (non-hydrogen) atoms. The minimum Gasteiger partial charge on any atom is -0.422 e. The molecule has 1 aliphatic heterocycles. The Morgan fingerprint density at radius 2 is 1.54 bits per heavy atom. The van der Waals surface area contributed by atoms with Gasteiger partial charge in [-0.2, -0.15) is 0 Å². The maximum atomic E-state index is 13.1. The van der Waals surface area contributed by atoms with Gasteiger partial charge in [-0.15, -0.1) is 0 Å². The van der Waals surface area contributed by atoms with E-state index in [-0.39, 0.29) is 17.7 Å². The monoisotopic (exact) mass is 495 g/mol. The zero-order valence-corrected chi connectivity index (χ0v) is 20.9. The fourth-order valence-corrected chi connectivity index (χ4v) is 4.65. The van der Waals surface area contributed by atoms with Gasteiger partial charge in [0.15, 0.2) is 0 Å². The third kappa shape index (κ3) is 5.11. The molecule has 0 spiro atoms. The van der Waals surface area contributed by atoms with Crippen LogP contribution in [0.3, 0.4) is 0 Å². The van der Waals surface area contributed by atoms with Gasteiger partial charge < -0.3 is 19.5 Å². The van der Waals surface area contributed by atoms with Crippen LogP contribution >= 0.6 is 0 Å². The smallest absolute Gasteiger partial charge is 0.344 e. The van der Waals surface area contributed by atoms with E-state index < -0.39 is 5.63 Å². The molecule has 0 atom stereocenters. The second-order valence-corrected chi connectivity index (χ2v) is 9.50. The lowest BCUT2D eigenvalue weighted by molar-refractivity contribution is -0.134. The van der Waals surface area contributed by atoms with E-state index in [9.17, 15) is 14.4 Å². The van der Waals surface area contributed by atoms with Crippen LogP contribution in [-0.2, 0) is 4.79 Å². The van der Waals surface area contributed by atoms with Crippen molar-refractivity contribution in [2.75, 3.05) is 36.4 Å². The Hall–Kier alpha value is -4.39. The predicted molar refractivity (Wildman–Crippen MR) is 146 cm³/mol. The fourth-order valence-electron chi connectivity index (χ4n) is 4.65. The highest BCUT2D eigenvalue weighted by Crippen LogP contribution is 2.28. The summed E-state index contributed by atoms with van der Waals surface area (Å²) in [5.41, 5.74) is 3.39. The highest BCUT2D eigenvalue weighted by molar-refractivity contribution is 6.06. The molecule has 1 aliphatic rings. The molecule has 0 unspecified atom stereocenters. The number of rotatable bonds is 5. The molecule has 2 heterocycles. The Kier molecular flexibility index (Phi) is 6.77. The SMILES string of the molecule is CC(C)C(=O)N1CCN(c2ccccc2NC(=O)c2ccc(-c3cc4ccccc4oc3=O)cc2)CC1. The van der Waals surface area contributed by atoms with Crippen molar-refractivity contribution in [3.63, 3.8) is 0 Å². The van der Waals surface area contributed by atoms with Gasteiger partial charge in [-0.1, -0.05) is 56.3 Å². The third-order valence-electron chi connectivity index (χ3n) is 6.68. The summed E-state index contributed by atoms with van der Waals surface area (Å²) >= 11 is 0. The summed E-state index contributed by atoms with van der Waals surface area (Å²) in [6.45, 7) is 6.56. The molecule has 7 nitrogen and oxygen atoms in total. The van der Waals surface area contributed by atoms with Gasteiger partial charge >= 0.3 is 5.63 Å². The molecule has 0 bridgehead atoms. The first-order valence-corrected chi connectivity index (χ1v) is 12.5. The number of para-hydroxylation sites is 3. The summed E-state index contributed by atoms with van der Waals surface area (Å²) in [6, 6.07) is 23.8. The number of hydrogen-bond donors (Lipinski definition) is 1. The van der Waals surface area contributed by atoms with E-state index in [1.807, 2.05) is 61.2 Å². The molecule has 1 fully saturated rings. The molecule has 4 aromatic rings. The van der Waals surface area contributed by atoms with Gasteiger partial charge in [0, 0.05) is 43.0 Å². The molecule has 0 aliphatic carbocycles. The minimum absolute atomic E-state index is 0.0135. The Labute approximate surface area is 215 Å². The number of fused-ring (bicyclic) bond motifs is 1. The highest BCUT2D eigenvalue weighted by Gasteiger charge is 2.24. The second kappa shape index (κ2) is 10.3. The molecule has 0 radical (unpaired) electrons. The van der Waals surface area contributed by atoms with E-state index in [0.29, 0.717) is 48.5 Å². The number of nitrogens with one attached hydrogen (secondary N) is 1. The van der Waals surface area contributed by atoms with E-state index in [2.05, 4.69) is 10.2 Å². The number of carbonyl (C=O) groups is 2. The maximum Gasteiger partial charge on any atom is 0.344 e. The van der Waals surface area contributed by atoms with E-state index in [1.54, 1.807) is 36.4 Å². The van der Waals surface area contributed by atoms with Crippen LogP contribution in [0.25, 0.3) is 22.1 Å². The van der Waals surface area contributed by atoms with Crippen molar-refractivity contribution in [3.8, 4) is 11.1 Å². The Bertz CT molecular complexity index is 1500. The molecule has 5 rings (SSSR count). The summed E-state index contributed by atoms with van der Waals surface area (Å²) in [7, 11) is 0. The van der Waals surface area contributed by atoms with Gasteiger partial charge in [0.05, 0.1) is 16.9 Å². The number of hydrogen-bond acceptors (Lipinski definition) is 5. The van der Waals surface area contributed by atoms with Gasteiger partial charge in [0.2, 0.25) is 5.91 Å². The Balaban J connectivity index is 1.30. The van der Waals surface area contributed by atoms with Gasteiger partial charge in [-0.25, -0.2) is 4.79 Å². The van der Waals surface area contributed by atoms with Crippen molar-refractivity contribution in [1.29, 1.82) is 0 Å². The van der Waals surface area contributed by atoms with Crippen molar-refractivity contribution in [1.82, 2.24) is 4.90 Å². The molecular formula is C30H29N3O4. The lowest BCUT2D eigenvalue weighted by Gasteiger charge is -2.37. The summed E-state index contributed by atoms with van der Waals surface area (Å²) in [5, 5.41) is 3.87. The fraction of sp³-hybridized carbons (Fsp3) is 0.233. The van der Waals surface area contributed by atoms with E-state index in [4.69, 9.17) is 4.42 Å². The van der Waals surface area contributed by atoms with Crippen LogP contribution in [0, 0.1) is 5.92 Å². The normalized spacial score (nSPS) is 13.7. The Morgan fingerprint density at radius 1 is 0.865 bits per heavy atom. The lowest BCUT2D eigenvalue weighted by Crippen LogP contribution is -2.50. The van der Waals surface area contributed by atoms with Crippen molar-refractivity contribution in [2.24, 2.45) is 5.92 Å². The quantitative estimate of drug-likeness (QED) is 0.393. The largest absolute Gasteiger partial charge is 0.422 e. The zero-order chi connectivity index (χ0) is 25.9. The minimum atomic E-state index is -0.417. The molecule has 0 saturated carbocycles. The molecule has 1 saturated heterocycles. The van der Waals surface area contributed by atoms with Crippen molar-refractivity contribution < 1.29 is 14.0 Å². The van der Waals surface area contributed by atoms with Crippen LogP contribution in [-0.4, -0.2) is 42.9 Å². The van der Waals surface area contributed by atoms with Gasteiger partial charge in [-0.05, 0) is 42.0 Å². The van der Waals surface area contributed by atoms with Gasteiger partial charge in [0.1, 0.15) is 5.58 Å². The first-order valence-electron chi connectivity index (χ1n) is 12.5. The van der Waals surface area contributed by atoms with E-state index in [0.717, 1.165) is 16.8 Å².